The molecule has 1 N–H and O–H groups in total. The van der Waals surface area contributed by atoms with E-state index in [4.69, 9.17) is 6.42 Å². The third-order valence-corrected chi connectivity index (χ3v) is 3.24. The molecule has 13 heavy (non-hydrogen) atoms. The summed E-state index contributed by atoms with van der Waals surface area (Å²) in [6.45, 7) is 1.98. The van der Waals surface area contributed by atoms with Crippen LogP contribution in [0.4, 0.5) is 0 Å². The van der Waals surface area contributed by atoms with Gasteiger partial charge in [-0.3, -0.25) is 0 Å². The third kappa shape index (κ3) is 3.04. The first-order valence-electron chi connectivity index (χ1n) is 5.32. The monoisotopic (exact) mass is 180 g/mol. The van der Waals surface area contributed by atoms with Crippen LogP contribution in [0.2, 0.25) is 0 Å². The molecule has 0 saturated heterocycles. The standard InChI is InChI=1S/C12H20O/c1-3-4-5-8-11-9-6-7-10-12(11,2)13/h1,11,13H,4-10H2,2H3. The number of hydrogen-bond acceptors (Lipinski definition) is 1. The van der Waals surface area contributed by atoms with Gasteiger partial charge in [0.1, 0.15) is 0 Å². The van der Waals surface area contributed by atoms with Crippen molar-refractivity contribution in [2.75, 3.05) is 0 Å². The summed E-state index contributed by atoms with van der Waals surface area (Å²) in [7, 11) is 0. The molecule has 0 aromatic heterocycles. The van der Waals surface area contributed by atoms with E-state index in [2.05, 4.69) is 5.92 Å². The first kappa shape index (κ1) is 10.6. The Balaban J connectivity index is 2.34. The molecule has 2 unspecified atom stereocenters. The van der Waals surface area contributed by atoms with Crippen molar-refractivity contribution in [1.29, 1.82) is 0 Å². The first-order chi connectivity index (χ1) is 6.17. The largest absolute Gasteiger partial charge is 0.390 e. The van der Waals surface area contributed by atoms with Crippen molar-refractivity contribution in [3.05, 3.63) is 0 Å². The maximum absolute atomic E-state index is 10.1. The normalized spacial score (nSPS) is 34.1. The minimum absolute atomic E-state index is 0.424. The van der Waals surface area contributed by atoms with Crippen molar-refractivity contribution in [3.63, 3.8) is 0 Å². The molecular weight excluding hydrogens is 160 g/mol. The van der Waals surface area contributed by atoms with E-state index in [-0.39, 0.29) is 0 Å². The summed E-state index contributed by atoms with van der Waals surface area (Å²) in [5, 5.41) is 10.1. The van der Waals surface area contributed by atoms with Crippen molar-refractivity contribution in [3.8, 4) is 12.3 Å². The molecule has 1 aliphatic carbocycles. The van der Waals surface area contributed by atoms with E-state index < -0.39 is 5.60 Å². The van der Waals surface area contributed by atoms with Crippen LogP contribution in [0.15, 0.2) is 0 Å². The minimum atomic E-state index is -0.424. The van der Waals surface area contributed by atoms with Crippen LogP contribution in [0.25, 0.3) is 0 Å². The van der Waals surface area contributed by atoms with E-state index in [0.717, 1.165) is 25.7 Å². The zero-order valence-electron chi connectivity index (χ0n) is 8.55. The van der Waals surface area contributed by atoms with Crippen molar-refractivity contribution in [2.45, 2.75) is 57.5 Å². The summed E-state index contributed by atoms with van der Waals surface area (Å²) in [6, 6.07) is 0. The van der Waals surface area contributed by atoms with Crippen molar-refractivity contribution in [1.82, 2.24) is 0 Å². The molecule has 1 fully saturated rings. The molecule has 0 aromatic carbocycles. The fraction of sp³-hybridized carbons (Fsp3) is 0.833. The summed E-state index contributed by atoms with van der Waals surface area (Å²) in [4.78, 5) is 0. The average Bonchev–Trinajstić information content (AvgIpc) is 2.08. The molecule has 0 radical (unpaired) electrons. The molecule has 74 valence electrons. The van der Waals surface area contributed by atoms with Crippen LogP contribution in [-0.2, 0) is 0 Å². The lowest BCUT2D eigenvalue weighted by molar-refractivity contribution is -0.0353. The number of rotatable bonds is 3. The smallest absolute Gasteiger partial charge is 0.0647 e. The van der Waals surface area contributed by atoms with Crippen LogP contribution in [0, 0.1) is 18.3 Å². The maximum Gasteiger partial charge on any atom is 0.0647 e. The van der Waals surface area contributed by atoms with Gasteiger partial charge >= 0.3 is 0 Å². The molecule has 0 aromatic rings. The average molecular weight is 180 g/mol. The predicted molar refractivity (Wildman–Crippen MR) is 55.3 cm³/mol. The number of terminal acetylenes is 1. The van der Waals surface area contributed by atoms with Gasteiger partial charge in [0.25, 0.3) is 0 Å². The summed E-state index contributed by atoms with van der Waals surface area (Å²) in [6.07, 6.45) is 12.8. The van der Waals surface area contributed by atoms with Gasteiger partial charge in [0.15, 0.2) is 0 Å². The molecule has 0 amide bonds. The Kier molecular flexibility index (Phi) is 3.81. The topological polar surface area (TPSA) is 20.2 Å². The Bertz CT molecular complexity index is 188. The third-order valence-electron chi connectivity index (χ3n) is 3.24. The van der Waals surface area contributed by atoms with E-state index in [1.54, 1.807) is 0 Å². The first-order valence-corrected chi connectivity index (χ1v) is 5.32. The molecule has 2 atom stereocenters. The zero-order valence-corrected chi connectivity index (χ0v) is 8.55. The van der Waals surface area contributed by atoms with E-state index in [9.17, 15) is 5.11 Å². The molecule has 0 spiro atoms. The number of unbranched alkanes of at least 4 members (excludes halogenated alkanes) is 1. The van der Waals surface area contributed by atoms with Gasteiger partial charge < -0.3 is 5.11 Å². The lowest BCUT2D eigenvalue weighted by Gasteiger charge is -2.37. The molecule has 0 bridgehead atoms. The molecule has 0 aliphatic heterocycles. The quantitative estimate of drug-likeness (QED) is 0.523. The SMILES string of the molecule is C#CCCCC1CCCCC1(C)O. The molecule has 1 heteroatoms. The van der Waals surface area contributed by atoms with Crippen LogP contribution in [-0.4, -0.2) is 10.7 Å². The Morgan fingerprint density at radius 2 is 2.31 bits per heavy atom. The molecule has 0 heterocycles. The van der Waals surface area contributed by atoms with Crippen molar-refractivity contribution >= 4 is 0 Å². The highest BCUT2D eigenvalue weighted by molar-refractivity contribution is 4.88. The zero-order chi connectivity index (χ0) is 9.73. The van der Waals surface area contributed by atoms with Gasteiger partial charge in [-0.05, 0) is 38.5 Å². The summed E-state index contributed by atoms with van der Waals surface area (Å²) in [5.74, 6) is 3.13. The van der Waals surface area contributed by atoms with Gasteiger partial charge in [-0.1, -0.05) is 12.8 Å². The summed E-state index contributed by atoms with van der Waals surface area (Å²) >= 11 is 0. The van der Waals surface area contributed by atoms with E-state index >= 15 is 0 Å². The van der Waals surface area contributed by atoms with E-state index in [1.807, 2.05) is 6.92 Å². The molecule has 1 aliphatic rings. The Morgan fingerprint density at radius 1 is 1.54 bits per heavy atom. The maximum atomic E-state index is 10.1. The molecule has 1 rings (SSSR count). The fourth-order valence-corrected chi connectivity index (χ4v) is 2.29. The second-order valence-electron chi connectivity index (χ2n) is 4.40. The highest BCUT2D eigenvalue weighted by Gasteiger charge is 2.33. The lowest BCUT2D eigenvalue weighted by Crippen LogP contribution is -2.37. The van der Waals surface area contributed by atoms with Crippen LogP contribution < -0.4 is 0 Å². The van der Waals surface area contributed by atoms with Crippen LogP contribution in [0.3, 0.4) is 0 Å². The fourth-order valence-electron chi connectivity index (χ4n) is 2.29. The molecule has 1 nitrogen and oxygen atoms in total. The second kappa shape index (κ2) is 4.67. The van der Waals surface area contributed by atoms with Gasteiger partial charge in [0.2, 0.25) is 0 Å². The van der Waals surface area contributed by atoms with Crippen LogP contribution >= 0.6 is 0 Å². The number of hydrogen-bond donors (Lipinski definition) is 1. The summed E-state index contributed by atoms with van der Waals surface area (Å²) < 4.78 is 0. The second-order valence-corrected chi connectivity index (χ2v) is 4.40. The van der Waals surface area contributed by atoms with Gasteiger partial charge in [0.05, 0.1) is 5.60 Å². The van der Waals surface area contributed by atoms with Gasteiger partial charge in [0, 0.05) is 6.42 Å². The highest BCUT2D eigenvalue weighted by Crippen LogP contribution is 2.36. The van der Waals surface area contributed by atoms with E-state index in [0.29, 0.717) is 5.92 Å². The predicted octanol–water partition coefficient (Wildman–Crippen LogP) is 2.73. The Labute approximate surface area is 81.5 Å². The number of aliphatic hydroxyl groups is 1. The lowest BCUT2D eigenvalue weighted by atomic mass is 9.74. The van der Waals surface area contributed by atoms with Crippen molar-refractivity contribution in [2.24, 2.45) is 5.92 Å². The van der Waals surface area contributed by atoms with E-state index in [1.165, 1.54) is 19.3 Å². The summed E-state index contributed by atoms with van der Waals surface area (Å²) in [5.41, 5.74) is -0.424. The van der Waals surface area contributed by atoms with Crippen molar-refractivity contribution < 1.29 is 5.11 Å². The van der Waals surface area contributed by atoms with Gasteiger partial charge in [-0.2, -0.15) is 0 Å². The Hall–Kier alpha value is -0.480. The molecule has 1 saturated carbocycles. The van der Waals surface area contributed by atoms with Crippen LogP contribution in [0.1, 0.15) is 51.9 Å². The Morgan fingerprint density at radius 3 is 2.92 bits per heavy atom. The minimum Gasteiger partial charge on any atom is -0.390 e. The van der Waals surface area contributed by atoms with Gasteiger partial charge in [-0.25, -0.2) is 0 Å². The van der Waals surface area contributed by atoms with Gasteiger partial charge in [-0.15, -0.1) is 12.3 Å². The highest BCUT2D eigenvalue weighted by atomic mass is 16.3. The molecular formula is C12H20O. The van der Waals surface area contributed by atoms with Crippen LogP contribution in [0.5, 0.6) is 0 Å².